The fourth-order valence-electron chi connectivity index (χ4n) is 1.75. The molecule has 20 heavy (non-hydrogen) atoms. The van der Waals surface area contributed by atoms with Crippen LogP contribution in [-0.4, -0.2) is 19.8 Å². The van der Waals surface area contributed by atoms with E-state index in [0.29, 0.717) is 11.3 Å². The van der Waals surface area contributed by atoms with Gasteiger partial charge in [-0.1, -0.05) is 12.1 Å². The number of benzene rings is 2. The Labute approximate surface area is 117 Å². The Kier molecular flexibility index (Phi) is 4.06. The lowest BCUT2D eigenvalue weighted by Gasteiger charge is -2.17. The second-order valence-corrected chi connectivity index (χ2v) is 6.50. The van der Waals surface area contributed by atoms with Gasteiger partial charge in [-0.2, -0.15) is 4.31 Å². The van der Waals surface area contributed by atoms with Crippen molar-refractivity contribution in [1.82, 2.24) is 4.31 Å². The van der Waals surface area contributed by atoms with Crippen LogP contribution in [0.4, 0.5) is 10.1 Å². The molecule has 0 radical (unpaired) electrons. The van der Waals surface area contributed by atoms with E-state index in [0.717, 1.165) is 0 Å². The molecular formula is C14H15FN2O2S. The van der Waals surface area contributed by atoms with E-state index in [1.165, 1.54) is 35.6 Å². The number of nitrogens with two attached hydrogens (primary N) is 1. The van der Waals surface area contributed by atoms with Crippen molar-refractivity contribution in [3.05, 3.63) is 59.9 Å². The molecule has 0 amide bonds. The van der Waals surface area contributed by atoms with Crippen LogP contribution >= 0.6 is 0 Å². The highest BCUT2D eigenvalue weighted by atomic mass is 32.2. The van der Waals surface area contributed by atoms with E-state index in [2.05, 4.69) is 0 Å². The summed E-state index contributed by atoms with van der Waals surface area (Å²) < 4.78 is 38.7. The molecule has 2 N–H and O–H groups in total. The highest BCUT2D eigenvalue weighted by Gasteiger charge is 2.20. The van der Waals surface area contributed by atoms with Crippen molar-refractivity contribution in [3.63, 3.8) is 0 Å². The topological polar surface area (TPSA) is 63.4 Å². The van der Waals surface area contributed by atoms with Crippen LogP contribution in [0, 0.1) is 5.82 Å². The molecule has 0 heterocycles. The van der Waals surface area contributed by atoms with Crippen LogP contribution in [0.3, 0.4) is 0 Å². The maximum absolute atomic E-state index is 12.8. The molecule has 0 fully saturated rings. The van der Waals surface area contributed by atoms with E-state index in [-0.39, 0.29) is 17.3 Å². The van der Waals surface area contributed by atoms with Gasteiger partial charge in [-0.3, -0.25) is 0 Å². The second-order valence-electron chi connectivity index (χ2n) is 4.46. The third-order valence-electron chi connectivity index (χ3n) is 2.91. The van der Waals surface area contributed by atoms with Gasteiger partial charge in [-0.15, -0.1) is 0 Å². The van der Waals surface area contributed by atoms with Crippen molar-refractivity contribution in [2.75, 3.05) is 12.8 Å². The van der Waals surface area contributed by atoms with Gasteiger partial charge in [0.15, 0.2) is 0 Å². The fraction of sp³-hybridized carbons (Fsp3) is 0.143. The molecule has 106 valence electrons. The van der Waals surface area contributed by atoms with Crippen molar-refractivity contribution in [3.8, 4) is 0 Å². The monoisotopic (exact) mass is 294 g/mol. The highest BCUT2D eigenvalue weighted by Crippen LogP contribution is 2.18. The van der Waals surface area contributed by atoms with E-state index in [9.17, 15) is 12.8 Å². The quantitative estimate of drug-likeness (QED) is 0.880. The second kappa shape index (κ2) is 5.60. The molecule has 2 aromatic carbocycles. The first-order valence-electron chi connectivity index (χ1n) is 5.96. The Bertz CT molecular complexity index is 682. The average molecular weight is 294 g/mol. The molecular weight excluding hydrogens is 279 g/mol. The molecule has 0 bridgehead atoms. The maximum atomic E-state index is 12.8. The number of hydrogen-bond acceptors (Lipinski definition) is 3. The number of rotatable bonds is 4. The molecule has 2 aromatic rings. The van der Waals surface area contributed by atoms with E-state index in [1.807, 2.05) is 0 Å². The van der Waals surface area contributed by atoms with Crippen LogP contribution < -0.4 is 5.73 Å². The molecule has 0 saturated carbocycles. The van der Waals surface area contributed by atoms with Crippen LogP contribution in [0.25, 0.3) is 0 Å². The summed E-state index contributed by atoms with van der Waals surface area (Å²) in [6.45, 7) is 0.174. The molecule has 0 saturated heterocycles. The van der Waals surface area contributed by atoms with E-state index in [4.69, 9.17) is 5.73 Å². The minimum Gasteiger partial charge on any atom is -0.399 e. The summed E-state index contributed by atoms with van der Waals surface area (Å²) in [6.07, 6.45) is 0. The molecule has 2 rings (SSSR count). The van der Waals surface area contributed by atoms with Gasteiger partial charge in [0.05, 0.1) is 4.90 Å². The van der Waals surface area contributed by atoms with Gasteiger partial charge < -0.3 is 5.73 Å². The van der Waals surface area contributed by atoms with E-state index < -0.39 is 10.0 Å². The van der Waals surface area contributed by atoms with Gasteiger partial charge in [-0.05, 0) is 42.0 Å². The van der Waals surface area contributed by atoms with Crippen molar-refractivity contribution < 1.29 is 12.8 Å². The minimum atomic E-state index is -3.58. The predicted octanol–water partition coefficient (Wildman–Crippen LogP) is 2.23. The molecule has 0 spiro atoms. The first-order valence-corrected chi connectivity index (χ1v) is 7.40. The van der Waals surface area contributed by atoms with Crippen molar-refractivity contribution in [2.45, 2.75) is 11.4 Å². The minimum absolute atomic E-state index is 0.174. The average Bonchev–Trinajstić information content (AvgIpc) is 2.42. The Morgan fingerprint density at radius 1 is 1.05 bits per heavy atom. The number of nitrogen functional groups attached to an aromatic ring is 1. The number of halogens is 1. The zero-order valence-electron chi connectivity index (χ0n) is 11.0. The Morgan fingerprint density at radius 2 is 1.60 bits per heavy atom. The number of hydrogen-bond donors (Lipinski definition) is 1. The van der Waals surface area contributed by atoms with Crippen molar-refractivity contribution >= 4 is 15.7 Å². The third kappa shape index (κ3) is 3.15. The summed E-state index contributed by atoms with van der Waals surface area (Å²) in [4.78, 5) is 0.177. The van der Waals surface area contributed by atoms with Gasteiger partial charge in [0, 0.05) is 19.3 Å². The lowest BCUT2D eigenvalue weighted by atomic mass is 10.2. The van der Waals surface area contributed by atoms with Crippen molar-refractivity contribution in [2.24, 2.45) is 0 Å². The van der Waals surface area contributed by atoms with E-state index >= 15 is 0 Å². The van der Waals surface area contributed by atoms with Gasteiger partial charge in [-0.25, -0.2) is 12.8 Å². The Morgan fingerprint density at radius 3 is 2.15 bits per heavy atom. The molecule has 4 nitrogen and oxygen atoms in total. The standard InChI is InChI=1S/C14H15FN2O2S/c1-17(10-11-2-4-12(15)5-3-11)20(18,19)14-8-6-13(16)7-9-14/h2-9H,10,16H2,1H3. The summed E-state index contributed by atoms with van der Waals surface area (Å²) in [6, 6.07) is 11.7. The summed E-state index contributed by atoms with van der Waals surface area (Å²) >= 11 is 0. The summed E-state index contributed by atoms with van der Waals surface area (Å²) in [5.41, 5.74) is 6.76. The normalized spacial score (nSPS) is 11.8. The Hall–Kier alpha value is -1.92. The summed E-state index contributed by atoms with van der Waals surface area (Å²) in [5.74, 6) is -0.349. The largest absolute Gasteiger partial charge is 0.399 e. The molecule has 0 unspecified atom stereocenters. The molecule has 0 aliphatic carbocycles. The lowest BCUT2D eigenvalue weighted by molar-refractivity contribution is 0.466. The number of nitrogens with zero attached hydrogens (tertiary/aromatic N) is 1. The molecule has 0 aliphatic heterocycles. The van der Waals surface area contributed by atoms with Crippen molar-refractivity contribution in [1.29, 1.82) is 0 Å². The fourth-order valence-corrected chi connectivity index (χ4v) is 2.91. The van der Waals surface area contributed by atoms with E-state index in [1.54, 1.807) is 24.3 Å². The van der Waals surface area contributed by atoms with Crippen LogP contribution in [0.15, 0.2) is 53.4 Å². The van der Waals surface area contributed by atoms with Crippen LogP contribution in [0.1, 0.15) is 5.56 Å². The van der Waals surface area contributed by atoms with Gasteiger partial charge in [0.2, 0.25) is 10.0 Å². The highest BCUT2D eigenvalue weighted by molar-refractivity contribution is 7.89. The first kappa shape index (κ1) is 14.5. The number of anilines is 1. The van der Waals surface area contributed by atoms with Gasteiger partial charge in [0.1, 0.15) is 5.82 Å². The lowest BCUT2D eigenvalue weighted by Crippen LogP contribution is -2.26. The van der Waals surface area contributed by atoms with Crippen LogP contribution in [-0.2, 0) is 16.6 Å². The molecule has 6 heteroatoms. The molecule has 0 aromatic heterocycles. The summed E-state index contributed by atoms with van der Waals surface area (Å²) in [5, 5.41) is 0. The zero-order valence-corrected chi connectivity index (χ0v) is 11.8. The SMILES string of the molecule is CN(Cc1ccc(F)cc1)S(=O)(=O)c1ccc(N)cc1. The summed E-state index contributed by atoms with van der Waals surface area (Å²) in [7, 11) is -2.10. The van der Waals surface area contributed by atoms with Gasteiger partial charge >= 0.3 is 0 Å². The molecule has 0 atom stereocenters. The number of sulfonamides is 1. The maximum Gasteiger partial charge on any atom is 0.243 e. The Balaban J connectivity index is 2.21. The zero-order chi connectivity index (χ0) is 14.8. The third-order valence-corrected chi connectivity index (χ3v) is 4.72. The van der Waals surface area contributed by atoms with Crippen LogP contribution in [0.2, 0.25) is 0 Å². The van der Waals surface area contributed by atoms with Crippen LogP contribution in [0.5, 0.6) is 0 Å². The predicted molar refractivity (Wildman–Crippen MR) is 75.9 cm³/mol. The molecule has 0 aliphatic rings. The smallest absolute Gasteiger partial charge is 0.243 e. The first-order chi connectivity index (χ1) is 9.39. The van der Waals surface area contributed by atoms with Gasteiger partial charge in [0.25, 0.3) is 0 Å².